The topological polar surface area (TPSA) is 50.9 Å². The molecule has 2 aromatic rings. The van der Waals surface area contributed by atoms with Gasteiger partial charge in [-0.3, -0.25) is 4.68 Å². The average Bonchev–Trinajstić information content (AvgIpc) is 2.73. The zero-order valence-corrected chi connectivity index (χ0v) is 9.79. The number of halogens is 1. The zero-order valence-electron chi connectivity index (χ0n) is 7.38. The van der Waals surface area contributed by atoms with Crippen LogP contribution in [-0.4, -0.2) is 19.9 Å². The molecule has 14 heavy (non-hydrogen) atoms. The van der Waals surface area contributed by atoms with E-state index < -0.39 is 6.10 Å². The molecule has 1 N–H and O–H groups in total. The van der Waals surface area contributed by atoms with E-state index in [0.29, 0.717) is 5.01 Å². The molecular weight excluding hydrogens is 266 g/mol. The van der Waals surface area contributed by atoms with Gasteiger partial charge in [-0.1, -0.05) is 0 Å². The molecule has 1 unspecified atom stereocenters. The second-order valence-electron chi connectivity index (χ2n) is 2.79. The van der Waals surface area contributed by atoms with E-state index in [1.54, 1.807) is 24.0 Å². The number of aliphatic hydroxyl groups is 1. The van der Waals surface area contributed by atoms with Crippen molar-refractivity contribution in [1.82, 2.24) is 14.8 Å². The molecule has 4 nitrogen and oxygen atoms in total. The molecule has 2 rings (SSSR count). The fourth-order valence-corrected chi connectivity index (χ4v) is 2.43. The van der Waals surface area contributed by atoms with Crippen LogP contribution in [0.4, 0.5) is 0 Å². The molecule has 1 atom stereocenters. The lowest BCUT2D eigenvalue weighted by molar-refractivity contribution is 0.209. The number of nitrogens with zero attached hydrogens (tertiary/aromatic N) is 3. The van der Waals surface area contributed by atoms with E-state index in [9.17, 15) is 5.11 Å². The van der Waals surface area contributed by atoms with Crippen LogP contribution in [0, 0.1) is 0 Å². The molecule has 0 radical (unpaired) electrons. The third-order valence-corrected chi connectivity index (χ3v) is 3.47. The Bertz CT molecular complexity index is 439. The van der Waals surface area contributed by atoms with E-state index in [-0.39, 0.29) is 0 Å². The Morgan fingerprint density at radius 1 is 1.64 bits per heavy atom. The largest absolute Gasteiger partial charge is 0.380 e. The first kappa shape index (κ1) is 9.82. The van der Waals surface area contributed by atoms with Crippen LogP contribution in [0.3, 0.4) is 0 Å². The Balaban J connectivity index is 2.33. The summed E-state index contributed by atoms with van der Waals surface area (Å²) in [5, 5.41) is 16.4. The van der Waals surface area contributed by atoms with Gasteiger partial charge in [0.15, 0.2) is 0 Å². The standard InChI is InChI=1S/C8H8BrN3OS/c1-12-5(2-3-10-12)7(13)8-11-6(9)4-14-8/h2-4,7,13H,1H3. The van der Waals surface area contributed by atoms with Crippen LogP contribution in [0.5, 0.6) is 0 Å². The minimum Gasteiger partial charge on any atom is -0.380 e. The minimum atomic E-state index is -0.696. The number of hydrogen-bond acceptors (Lipinski definition) is 4. The van der Waals surface area contributed by atoms with Crippen molar-refractivity contribution in [2.45, 2.75) is 6.10 Å². The van der Waals surface area contributed by atoms with Gasteiger partial charge >= 0.3 is 0 Å². The maximum absolute atomic E-state index is 9.94. The zero-order chi connectivity index (χ0) is 10.1. The van der Waals surface area contributed by atoms with E-state index in [1.165, 1.54) is 11.3 Å². The average molecular weight is 274 g/mol. The fourth-order valence-electron chi connectivity index (χ4n) is 1.17. The van der Waals surface area contributed by atoms with Crippen molar-refractivity contribution in [2.75, 3.05) is 0 Å². The van der Waals surface area contributed by atoms with Gasteiger partial charge in [0.25, 0.3) is 0 Å². The molecule has 0 fully saturated rings. The number of aliphatic hydroxyl groups excluding tert-OH is 1. The second kappa shape index (κ2) is 3.80. The molecule has 0 bridgehead atoms. The molecular formula is C8H8BrN3OS. The molecule has 0 spiro atoms. The Morgan fingerprint density at radius 2 is 2.43 bits per heavy atom. The van der Waals surface area contributed by atoms with Gasteiger partial charge in [0.05, 0.1) is 5.69 Å². The normalized spacial score (nSPS) is 13.1. The van der Waals surface area contributed by atoms with Gasteiger partial charge in [0.1, 0.15) is 15.7 Å². The number of thiazole rings is 1. The molecule has 6 heteroatoms. The van der Waals surface area contributed by atoms with Crippen LogP contribution in [0.1, 0.15) is 16.8 Å². The lowest BCUT2D eigenvalue weighted by Crippen LogP contribution is -2.06. The summed E-state index contributed by atoms with van der Waals surface area (Å²) >= 11 is 4.66. The smallest absolute Gasteiger partial charge is 0.147 e. The van der Waals surface area contributed by atoms with Crippen LogP contribution >= 0.6 is 27.3 Å². The highest BCUT2D eigenvalue weighted by molar-refractivity contribution is 9.10. The van der Waals surface area contributed by atoms with E-state index in [0.717, 1.165) is 10.3 Å². The summed E-state index contributed by atoms with van der Waals surface area (Å²) in [4.78, 5) is 4.15. The molecule has 0 aromatic carbocycles. The lowest BCUT2D eigenvalue weighted by atomic mass is 10.3. The van der Waals surface area contributed by atoms with E-state index in [4.69, 9.17) is 0 Å². The maximum atomic E-state index is 9.94. The van der Waals surface area contributed by atoms with Crippen molar-refractivity contribution >= 4 is 27.3 Å². The Hall–Kier alpha value is -0.720. The Kier molecular flexibility index (Phi) is 2.66. The summed E-state index contributed by atoms with van der Waals surface area (Å²) in [5.74, 6) is 0. The molecule has 0 aliphatic carbocycles. The number of aryl methyl sites for hydroxylation is 1. The maximum Gasteiger partial charge on any atom is 0.147 e. The Morgan fingerprint density at radius 3 is 2.93 bits per heavy atom. The van der Waals surface area contributed by atoms with Crippen molar-refractivity contribution in [2.24, 2.45) is 7.05 Å². The third kappa shape index (κ3) is 1.73. The van der Waals surface area contributed by atoms with E-state index in [1.807, 2.05) is 5.38 Å². The predicted octanol–water partition coefficient (Wildman–Crippen LogP) is 1.72. The highest BCUT2D eigenvalue weighted by atomic mass is 79.9. The summed E-state index contributed by atoms with van der Waals surface area (Å²) in [5.41, 5.74) is 0.742. The molecule has 0 saturated heterocycles. The van der Waals surface area contributed by atoms with E-state index >= 15 is 0 Å². The number of aromatic nitrogens is 3. The van der Waals surface area contributed by atoms with Crippen molar-refractivity contribution in [1.29, 1.82) is 0 Å². The monoisotopic (exact) mass is 273 g/mol. The molecule has 2 aromatic heterocycles. The summed E-state index contributed by atoms with van der Waals surface area (Å²) in [6.45, 7) is 0. The van der Waals surface area contributed by atoms with Gasteiger partial charge in [-0.05, 0) is 22.0 Å². The van der Waals surface area contributed by atoms with Crippen molar-refractivity contribution in [3.05, 3.63) is 32.9 Å². The van der Waals surface area contributed by atoms with E-state index in [2.05, 4.69) is 26.0 Å². The summed E-state index contributed by atoms with van der Waals surface area (Å²) < 4.78 is 2.39. The van der Waals surface area contributed by atoms with Crippen LogP contribution in [0.2, 0.25) is 0 Å². The van der Waals surface area contributed by atoms with Crippen LogP contribution < -0.4 is 0 Å². The highest BCUT2D eigenvalue weighted by Gasteiger charge is 2.16. The summed E-state index contributed by atoms with van der Waals surface area (Å²) in [7, 11) is 1.79. The van der Waals surface area contributed by atoms with Crippen molar-refractivity contribution in [3.8, 4) is 0 Å². The Labute approximate surface area is 93.3 Å². The SMILES string of the molecule is Cn1nccc1C(O)c1nc(Br)cs1. The molecule has 74 valence electrons. The van der Waals surface area contributed by atoms with Gasteiger partial charge in [0.2, 0.25) is 0 Å². The lowest BCUT2D eigenvalue weighted by Gasteiger charge is -2.06. The van der Waals surface area contributed by atoms with Gasteiger partial charge in [-0.2, -0.15) is 5.10 Å². The van der Waals surface area contributed by atoms with Crippen LogP contribution in [0.15, 0.2) is 22.2 Å². The first-order valence-corrected chi connectivity index (χ1v) is 5.62. The molecule has 0 saturated carbocycles. The molecule has 2 heterocycles. The second-order valence-corrected chi connectivity index (χ2v) is 4.49. The number of hydrogen-bond donors (Lipinski definition) is 1. The van der Waals surface area contributed by atoms with Gasteiger partial charge in [-0.15, -0.1) is 11.3 Å². The van der Waals surface area contributed by atoms with Gasteiger partial charge in [-0.25, -0.2) is 4.98 Å². The van der Waals surface area contributed by atoms with Crippen molar-refractivity contribution < 1.29 is 5.11 Å². The third-order valence-electron chi connectivity index (χ3n) is 1.87. The van der Waals surface area contributed by atoms with Crippen LogP contribution in [-0.2, 0) is 7.05 Å². The number of rotatable bonds is 2. The highest BCUT2D eigenvalue weighted by Crippen LogP contribution is 2.25. The predicted molar refractivity (Wildman–Crippen MR) is 57.1 cm³/mol. The first-order chi connectivity index (χ1) is 6.68. The summed E-state index contributed by atoms with van der Waals surface area (Å²) in [6.07, 6.45) is 0.958. The van der Waals surface area contributed by atoms with Crippen molar-refractivity contribution in [3.63, 3.8) is 0 Å². The molecule has 0 aliphatic heterocycles. The molecule has 0 aliphatic rings. The van der Waals surface area contributed by atoms with Crippen LogP contribution in [0.25, 0.3) is 0 Å². The van der Waals surface area contributed by atoms with Gasteiger partial charge < -0.3 is 5.11 Å². The quantitative estimate of drug-likeness (QED) is 0.907. The minimum absolute atomic E-state index is 0.667. The van der Waals surface area contributed by atoms with Gasteiger partial charge in [0, 0.05) is 18.6 Å². The first-order valence-electron chi connectivity index (χ1n) is 3.95. The fraction of sp³-hybridized carbons (Fsp3) is 0.250. The molecule has 0 amide bonds. The summed E-state index contributed by atoms with van der Waals surface area (Å²) in [6, 6.07) is 1.78.